The van der Waals surface area contributed by atoms with Crippen LogP contribution in [0.25, 0.3) is 0 Å². The van der Waals surface area contributed by atoms with Gasteiger partial charge in [0.25, 0.3) is 5.91 Å². The van der Waals surface area contributed by atoms with Crippen molar-refractivity contribution in [3.63, 3.8) is 0 Å². The van der Waals surface area contributed by atoms with Crippen molar-refractivity contribution in [3.05, 3.63) is 29.3 Å². The predicted octanol–water partition coefficient (Wildman–Crippen LogP) is 1.60. The van der Waals surface area contributed by atoms with E-state index in [2.05, 4.69) is 0 Å². The maximum Gasteiger partial charge on any atom is 0.257 e. The Morgan fingerprint density at radius 2 is 1.80 bits per heavy atom. The lowest BCUT2D eigenvalue weighted by Crippen LogP contribution is -2.45. The van der Waals surface area contributed by atoms with Crippen LogP contribution in [0.5, 0.6) is 5.75 Å². The number of morpholine rings is 1. The molecule has 2 fully saturated rings. The van der Waals surface area contributed by atoms with Gasteiger partial charge in [-0.15, -0.1) is 0 Å². The van der Waals surface area contributed by atoms with Crippen LogP contribution in [0.4, 0.5) is 0 Å². The fourth-order valence-corrected chi connectivity index (χ4v) is 2.95. The highest BCUT2D eigenvalue weighted by molar-refractivity contribution is 6.03. The number of rotatable bonds is 2. The Labute approximate surface area is 117 Å². The molecular formula is C15H17NO4. The topological polar surface area (TPSA) is 66.8 Å². The van der Waals surface area contributed by atoms with Crippen molar-refractivity contribution in [2.24, 2.45) is 0 Å². The zero-order valence-electron chi connectivity index (χ0n) is 11.3. The van der Waals surface area contributed by atoms with E-state index < -0.39 is 0 Å². The minimum Gasteiger partial charge on any atom is -0.506 e. The summed E-state index contributed by atoms with van der Waals surface area (Å²) in [5.41, 5.74) is 0.381. The Balaban J connectivity index is 1.87. The molecule has 1 aromatic carbocycles. The maximum absolute atomic E-state index is 12.5. The van der Waals surface area contributed by atoms with E-state index in [1.165, 1.54) is 13.0 Å². The third kappa shape index (κ3) is 2.18. The Kier molecular flexibility index (Phi) is 3.22. The first kappa shape index (κ1) is 13.1. The van der Waals surface area contributed by atoms with Crippen LogP contribution in [0, 0.1) is 0 Å². The molecule has 106 valence electrons. The molecule has 2 aliphatic rings. The second-order valence-corrected chi connectivity index (χ2v) is 5.43. The summed E-state index contributed by atoms with van der Waals surface area (Å²) in [5.74, 6) is -0.700. The van der Waals surface area contributed by atoms with E-state index in [9.17, 15) is 14.7 Å². The number of hydrogen-bond donors (Lipinski definition) is 1. The SMILES string of the molecule is CC(=O)c1cccc(C(=O)N2CC3CCC(C2)O3)c1O. The summed E-state index contributed by atoms with van der Waals surface area (Å²) in [4.78, 5) is 25.7. The first-order valence-electron chi connectivity index (χ1n) is 6.84. The van der Waals surface area contributed by atoms with Crippen molar-refractivity contribution in [1.29, 1.82) is 0 Å². The molecule has 5 nitrogen and oxygen atoms in total. The van der Waals surface area contributed by atoms with E-state index in [1.54, 1.807) is 17.0 Å². The molecule has 5 heteroatoms. The van der Waals surface area contributed by atoms with Crippen LogP contribution in [-0.2, 0) is 4.74 Å². The van der Waals surface area contributed by atoms with Gasteiger partial charge in [-0.3, -0.25) is 9.59 Å². The van der Waals surface area contributed by atoms with Gasteiger partial charge in [-0.05, 0) is 31.9 Å². The lowest BCUT2D eigenvalue weighted by Gasteiger charge is -2.32. The molecule has 1 N–H and O–H groups in total. The number of phenols is 1. The fraction of sp³-hybridized carbons (Fsp3) is 0.467. The molecule has 0 radical (unpaired) electrons. The smallest absolute Gasteiger partial charge is 0.257 e. The summed E-state index contributed by atoms with van der Waals surface area (Å²) in [5, 5.41) is 10.1. The third-order valence-corrected chi connectivity index (χ3v) is 3.98. The highest BCUT2D eigenvalue weighted by atomic mass is 16.5. The molecule has 2 aliphatic heterocycles. The molecule has 20 heavy (non-hydrogen) atoms. The minimum atomic E-state index is -0.251. The van der Waals surface area contributed by atoms with Gasteiger partial charge >= 0.3 is 0 Å². The summed E-state index contributed by atoms with van der Waals surface area (Å²) in [6.07, 6.45) is 2.17. The molecule has 2 bridgehead atoms. The molecule has 0 aromatic heterocycles. The molecule has 0 aliphatic carbocycles. The Morgan fingerprint density at radius 3 is 2.40 bits per heavy atom. The van der Waals surface area contributed by atoms with Crippen molar-refractivity contribution in [3.8, 4) is 5.75 Å². The van der Waals surface area contributed by atoms with Crippen LogP contribution in [0.1, 0.15) is 40.5 Å². The number of hydrogen-bond acceptors (Lipinski definition) is 4. The lowest BCUT2D eigenvalue weighted by atomic mass is 10.0. The molecule has 2 unspecified atom stereocenters. The van der Waals surface area contributed by atoms with Gasteiger partial charge in [-0.2, -0.15) is 0 Å². The lowest BCUT2D eigenvalue weighted by molar-refractivity contribution is -0.0304. The van der Waals surface area contributed by atoms with Crippen molar-refractivity contribution in [1.82, 2.24) is 4.90 Å². The van der Waals surface area contributed by atoms with Gasteiger partial charge in [0.05, 0.1) is 23.3 Å². The maximum atomic E-state index is 12.5. The van der Waals surface area contributed by atoms with Crippen molar-refractivity contribution in [2.75, 3.05) is 13.1 Å². The summed E-state index contributed by atoms with van der Waals surface area (Å²) >= 11 is 0. The van der Waals surface area contributed by atoms with Crippen LogP contribution in [0.2, 0.25) is 0 Å². The molecule has 0 saturated carbocycles. The standard InChI is InChI=1S/C15H17NO4/c1-9(17)12-3-2-4-13(14(12)18)15(19)16-7-10-5-6-11(8-16)20-10/h2-4,10-11,18H,5-8H2,1H3. The first-order valence-corrected chi connectivity index (χ1v) is 6.84. The normalized spacial score (nSPS) is 24.8. The van der Waals surface area contributed by atoms with Crippen LogP contribution < -0.4 is 0 Å². The minimum absolute atomic E-state index is 0.107. The van der Waals surface area contributed by atoms with Crippen LogP contribution in [0.15, 0.2) is 18.2 Å². The monoisotopic (exact) mass is 275 g/mol. The largest absolute Gasteiger partial charge is 0.506 e. The van der Waals surface area contributed by atoms with E-state index >= 15 is 0 Å². The third-order valence-electron chi connectivity index (χ3n) is 3.98. The quantitative estimate of drug-likeness (QED) is 0.832. The van der Waals surface area contributed by atoms with E-state index in [4.69, 9.17) is 4.74 Å². The van der Waals surface area contributed by atoms with Gasteiger partial charge in [0.15, 0.2) is 5.78 Å². The van der Waals surface area contributed by atoms with Gasteiger partial charge in [-0.1, -0.05) is 6.07 Å². The number of ketones is 1. The second kappa shape index (κ2) is 4.90. The highest BCUT2D eigenvalue weighted by Crippen LogP contribution is 2.29. The number of phenolic OH excluding ortho intramolecular Hbond substituents is 1. The molecule has 1 aromatic rings. The van der Waals surface area contributed by atoms with Crippen molar-refractivity contribution >= 4 is 11.7 Å². The molecule has 1 amide bonds. The number of amides is 1. The zero-order chi connectivity index (χ0) is 14.3. The molecule has 2 saturated heterocycles. The molecular weight excluding hydrogens is 258 g/mol. The van der Waals surface area contributed by atoms with Gasteiger partial charge in [-0.25, -0.2) is 0 Å². The predicted molar refractivity (Wildman–Crippen MR) is 71.9 cm³/mol. The number of ether oxygens (including phenoxy) is 1. The summed E-state index contributed by atoms with van der Waals surface area (Å²) in [7, 11) is 0. The number of aromatic hydroxyl groups is 1. The van der Waals surface area contributed by atoms with Crippen molar-refractivity contribution in [2.45, 2.75) is 32.0 Å². The number of carbonyl (C=O) groups excluding carboxylic acids is 2. The van der Waals surface area contributed by atoms with Crippen molar-refractivity contribution < 1.29 is 19.4 Å². The Morgan fingerprint density at radius 1 is 1.20 bits per heavy atom. The molecule has 0 spiro atoms. The van der Waals surface area contributed by atoms with Gasteiger partial charge in [0.2, 0.25) is 0 Å². The Bertz CT molecular complexity index is 557. The number of fused-ring (bicyclic) bond motifs is 2. The first-order chi connectivity index (χ1) is 9.56. The fourth-order valence-electron chi connectivity index (χ4n) is 2.95. The zero-order valence-corrected chi connectivity index (χ0v) is 11.3. The van der Waals surface area contributed by atoms with E-state index in [-0.39, 0.29) is 40.8 Å². The molecule has 3 rings (SSSR count). The molecule has 2 heterocycles. The van der Waals surface area contributed by atoms with Crippen LogP contribution in [0.3, 0.4) is 0 Å². The van der Waals surface area contributed by atoms with Crippen LogP contribution in [-0.4, -0.2) is 47.0 Å². The van der Waals surface area contributed by atoms with E-state index in [0.717, 1.165) is 12.8 Å². The Hall–Kier alpha value is -1.88. The number of carbonyl (C=O) groups is 2. The van der Waals surface area contributed by atoms with E-state index in [0.29, 0.717) is 13.1 Å². The summed E-state index contributed by atoms with van der Waals surface area (Å²) in [6.45, 7) is 2.48. The summed E-state index contributed by atoms with van der Waals surface area (Å²) < 4.78 is 5.70. The number of nitrogens with zero attached hydrogens (tertiary/aromatic N) is 1. The van der Waals surface area contributed by atoms with E-state index in [1.807, 2.05) is 0 Å². The van der Waals surface area contributed by atoms with Gasteiger partial charge < -0.3 is 14.7 Å². The van der Waals surface area contributed by atoms with Gasteiger partial charge in [0.1, 0.15) is 5.75 Å². The number of Topliss-reactive ketones (excluding diaryl/α,β-unsaturated/α-hetero) is 1. The summed E-state index contributed by atoms with van der Waals surface area (Å²) in [6, 6.07) is 4.71. The average molecular weight is 275 g/mol. The van der Waals surface area contributed by atoms with Crippen LogP contribution >= 0.6 is 0 Å². The molecule has 2 atom stereocenters. The average Bonchev–Trinajstić information content (AvgIpc) is 2.76. The number of benzene rings is 1. The number of para-hydroxylation sites is 1. The van der Waals surface area contributed by atoms with Gasteiger partial charge in [0, 0.05) is 13.1 Å². The highest BCUT2D eigenvalue weighted by Gasteiger charge is 2.36. The second-order valence-electron chi connectivity index (χ2n) is 5.43. The number of likely N-dealkylation sites (tertiary alicyclic amines) is 1.